The van der Waals surface area contributed by atoms with Gasteiger partial charge in [0.1, 0.15) is 0 Å². The van der Waals surface area contributed by atoms with Crippen molar-refractivity contribution in [1.82, 2.24) is 0 Å². The average molecular weight is 273 g/mol. The Labute approximate surface area is 99.1 Å². The molecule has 0 aliphatic heterocycles. The van der Waals surface area contributed by atoms with Crippen LogP contribution in [0, 0.1) is 12.8 Å². The fourth-order valence-corrected chi connectivity index (χ4v) is 1.83. The molecule has 3 heteroatoms. The molecule has 2 N–H and O–H groups in total. The van der Waals surface area contributed by atoms with Gasteiger partial charge in [-0.15, -0.1) is 0 Å². The van der Waals surface area contributed by atoms with Gasteiger partial charge in [0.25, 0.3) is 0 Å². The fourth-order valence-electron chi connectivity index (χ4n) is 1.40. The van der Waals surface area contributed by atoms with Crippen LogP contribution in [0.5, 0.6) is 0 Å². The molecule has 2 nitrogen and oxygen atoms in total. The van der Waals surface area contributed by atoms with Crippen LogP contribution in [0.25, 0.3) is 0 Å². The zero-order valence-electron chi connectivity index (χ0n) is 8.91. The first-order valence-corrected chi connectivity index (χ1v) is 5.93. The topological polar surface area (TPSA) is 40.5 Å². The molecule has 0 saturated heterocycles. The van der Waals surface area contributed by atoms with E-state index in [-0.39, 0.29) is 19.1 Å². The number of benzene rings is 1. The maximum atomic E-state index is 8.93. The van der Waals surface area contributed by atoms with Gasteiger partial charge in [0, 0.05) is 23.6 Å². The molecule has 0 unspecified atom stereocenters. The third-order valence-electron chi connectivity index (χ3n) is 2.59. The number of aryl methyl sites for hydroxylation is 2. The molecule has 0 saturated carbocycles. The van der Waals surface area contributed by atoms with Crippen molar-refractivity contribution in [2.24, 2.45) is 5.92 Å². The first kappa shape index (κ1) is 12.7. The lowest BCUT2D eigenvalue weighted by Crippen LogP contribution is -2.11. The van der Waals surface area contributed by atoms with Gasteiger partial charge in [-0.2, -0.15) is 0 Å². The molecule has 0 bridgehead atoms. The summed E-state index contributed by atoms with van der Waals surface area (Å²) in [5, 5.41) is 17.9. The molecular weight excluding hydrogens is 256 g/mol. The molecule has 0 amide bonds. The van der Waals surface area contributed by atoms with E-state index in [0.29, 0.717) is 0 Å². The Balaban J connectivity index is 2.54. The van der Waals surface area contributed by atoms with Gasteiger partial charge in [0.15, 0.2) is 0 Å². The monoisotopic (exact) mass is 272 g/mol. The van der Waals surface area contributed by atoms with Crippen LogP contribution in [0.15, 0.2) is 22.7 Å². The Morgan fingerprint density at radius 2 is 1.93 bits per heavy atom. The number of hydrogen-bond donors (Lipinski definition) is 2. The summed E-state index contributed by atoms with van der Waals surface area (Å²) < 4.78 is 1.12. The van der Waals surface area contributed by atoms with Gasteiger partial charge in [0.2, 0.25) is 0 Å². The summed E-state index contributed by atoms with van der Waals surface area (Å²) >= 11 is 3.49. The summed E-state index contributed by atoms with van der Waals surface area (Å²) in [6.45, 7) is 2.17. The van der Waals surface area contributed by atoms with Crippen LogP contribution >= 0.6 is 15.9 Å². The van der Waals surface area contributed by atoms with Crippen LogP contribution in [0.2, 0.25) is 0 Å². The minimum atomic E-state index is 0.00470. The van der Waals surface area contributed by atoms with Crippen molar-refractivity contribution in [3.8, 4) is 0 Å². The van der Waals surface area contributed by atoms with Crippen molar-refractivity contribution < 1.29 is 10.2 Å². The maximum absolute atomic E-state index is 8.93. The third kappa shape index (κ3) is 3.93. The lowest BCUT2D eigenvalue weighted by atomic mass is 10.0. The normalized spacial score (nSPS) is 11.0. The van der Waals surface area contributed by atoms with Crippen LogP contribution in [0.4, 0.5) is 0 Å². The van der Waals surface area contributed by atoms with E-state index in [2.05, 4.69) is 41.1 Å². The molecule has 15 heavy (non-hydrogen) atoms. The lowest BCUT2D eigenvalue weighted by Gasteiger charge is -2.10. The quantitative estimate of drug-likeness (QED) is 0.864. The maximum Gasteiger partial charge on any atom is 0.0481 e. The Kier molecular flexibility index (Phi) is 5.29. The van der Waals surface area contributed by atoms with Crippen molar-refractivity contribution >= 4 is 15.9 Å². The molecule has 0 aliphatic rings. The van der Waals surface area contributed by atoms with Crippen molar-refractivity contribution in [2.45, 2.75) is 19.8 Å². The Hall–Kier alpha value is -0.380. The van der Waals surface area contributed by atoms with Gasteiger partial charge in [-0.1, -0.05) is 28.1 Å². The molecule has 84 valence electrons. The summed E-state index contributed by atoms with van der Waals surface area (Å²) in [7, 11) is 0. The number of rotatable bonds is 5. The summed E-state index contributed by atoms with van der Waals surface area (Å²) in [5.74, 6) is 0.00470. The highest BCUT2D eigenvalue weighted by Gasteiger charge is 2.06. The molecule has 0 aliphatic carbocycles. The van der Waals surface area contributed by atoms with Crippen molar-refractivity contribution in [3.05, 3.63) is 33.8 Å². The second-order valence-electron chi connectivity index (χ2n) is 3.85. The molecule has 1 aromatic carbocycles. The fraction of sp³-hybridized carbons (Fsp3) is 0.500. The summed E-state index contributed by atoms with van der Waals surface area (Å²) in [4.78, 5) is 0. The van der Waals surface area contributed by atoms with Gasteiger partial charge >= 0.3 is 0 Å². The van der Waals surface area contributed by atoms with Crippen LogP contribution in [-0.4, -0.2) is 23.4 Å². The predicted octanol–water partition coefficient (Wildman–Crippen LogP) is 2.29. The minimum absolute atomic E-state index is 0.00470. The number of hydrogen-bond acceptors (Lipinski definition) is 2. The average Bonchev–Trinajstić information content (AvgIpc) is 2.24. The van der Waals surface area contributed by atoms with Crippen LogP contribution in [-0.2, 0) is 6.42 Å². The van der Waals surface area contributed by atoms with E-state index in [0.717, 1.165) is 17.3 Å². The molecule has 0 aromatic heterocycles. The van der Waals surface area contributed by atoms with Crippen LogP contribution in [0.1, 0.15) is 17.5 Å². The predicted molar refractivity (Wildman–Crippen MR) is 64.9 cm³/mol. The van der Waals surface area contributed by atoms with Crippen molar-refractivity contribution in [2.75, 3.05) is 13.2 Å². The van der Waals surface area contributed by atoms with Crippen LogP contribution in [0.3, 0.4) is 0 Å². The lowest BCUT2D eigenvalue weighted by molar-refractivity contribution is 0.144. The van der Waals surface area contributed by atoms with Gasteiger partial charge < -0.3 is 10.2 Å². The molecule has 0 atom stereocenters. The van der Waals surface area contributed by atoms with E-state index < -0.39 is 0 Å². The summed E-state index contributed by atoms with van der Waals surface area (Å²) in [6.07, 6.45) is 1.72. The highest BCUT2D eigenvalue weighted by Crippen LogP contribution is 2.19. The highest BCUT2D eigenvalue weighted by atomic mass is 79.9. The zero-order valence-corrected chi connectivity index (χ0v) is 10.5. The van der Waals surface area contributed by atoms with E-state index >= 15 is 0 Å². The zero-order chi connectivity index (χ0) is 11.3. The smallest absolute Gasteiger partial charge is 0.0481 e. The summed E-state index contributed by atoms with van der Waals surface area (Å²) in [5.41, 5.74) is 2.46. The van der Waals surface area contributed by atoms with Gasteiger partial charge in [-0.05, 0) is 37.0 Å². The number of aliphatic hydroxyl groups is 2. The van der Waals surface area contributed by atoms with E-state index in [1.807, 2.05) is 0 Å². The third-order valence-corrected chi connectivity index (χ3v) is 3.45. The highest BCUT2D eigenvalue weighted by molar-refractivity contribution is 9.10. The molecule has 1 aromatic rings. The van der Waals surface area contributed by atoms with Crippen molar-refractivity contribution in [3.63, 3.8) is 0 Å². The van der Waals surface area contributed by atoms with Gasteiger partial charge in [-0.25, -0.2) is 0 Å². The second-order valence-corrected chi connectivity index (χ2v) is 4.71. The summed E-state index contributed by atoms with van der Waals surface area (Å²) in [6, 6.07) is 6.26. The standard InChI is InChI=1S/C12H17BrO2/c1-9-2-3-10(6-12(9)13)4-5-11(7-14)8-15/h2-3,6,11,14-15H,4-5,7-8H2,1H3. The Morgan fingerprint density at radius 1 is 1.27 bits per heavy atom. The minimum Gasteiger partial charge on any atom is -0.396 e. The molecule has 0 spiro atoms. The molecule has 0 heterocycles. The first-order chi connectivity index (χ1) is 7.17. The molecule has 1 rings (SSSR count). The molecule has 0 fully saturated rings. The van der Waals surface area contributed by atoms with E-state index in [4.69, 9.17) is 10.2 Å². The second kappa shape index (κ2) is 6.26. The molecular formula is C12H17BrO2. The number of aliphatic hydroxyl groups excluding tert-OH is 2. The number of halogens is 1. The first-order valence-electron chi connectivity index (χ1n) is 5.14. The van der Waals surface area contributed by atoms with E-state index in [1.165, 1.54) is 11.1 Å². The van der Waals surface area contributed by atoms with Crippen molar-refractivity contribution in [1.29, 1.82) is 0 Å². The SMILES string of the molecule is Cc1ccc(CCC(CO)CO)cc1Br. The van der Waals surface area contributed by atoms with Gasteiger partial charge in [0.05, 0.1) is 0 Å². The van der Waals surface area contributed by atoms with E-state index in [1.54, 1.807) is 0 Å². The largest absolute Gasteiger partial charge is 0.396 e. The van der Waals surface area contributed by atoms with Gasteiger partial charge in [-0.3, -0.25) is 0 Å². The molecule has 0 radical (unpaired) electrons. The van der Waals surface area contributed by atoms with Crippen LogP contribution < -0.4 is 0 Å². The Bertz CT molecular complexity index is 308. The van der Waals surface area contributed by atoms with E-state index in [9.17, 15) is 0 Å². The Morgan fingerprint density at radius 3 is 2.47 bits per heavy atom.